The molecule has 4 nitrogen and oxygen atoms in total. The van der Waals surface area contributed by atoms with Crippen LogP contribution in [0.5, 0.6) is 0 Å². The number of aromatic nitrogens is 2. The standard InChI is InChI=1S/C18H17ClN2O2/c1-18(2,17(22)23)16-14-5-3-4-6-15(14)21(20-16)11-12-7-9-13(19)10-8-12/h3-10H,11H2,1-2H3,(H,22,23). The van der Waals surface area contributed by atoms with Crippen LogP contribution in [0.25, 0.3) is 10.9 Å². The number of nitrogens with zero attached hydrogens (tertiary/aromatic N) is 2. The number of carboxylic acids is 1. The van der Waals surface area contributed by atoms with E-state index in [-0.39, 0.29) is 0 Å². The number of aliphatic carboxylic acids is 1. The van der Waals surface area contributed by atoms with E-state index in [2.05, 4.69) is 5.10 Å². The van der Waals surface area contributed by atoms with Crippen LogP contribution in [0.4, 0.5) is 0 Å². The van der Waals surface area contributed by atoms with E-state index in [1.807, 2.05) is 53.2 Å². The molecule has 0 saturated carbocycles. The molecule has 2 aromatic carbocycles. The van der Waals surface area contributed by atoms with Crippen molar-refractivity contribution < 1.29 is 9.90 Å². The van der Waals surface area contributed by atoms with Crippen LogP contribution in [0.2, 0.25) is 5.02 Å². The first-order chi connectivity index (χ1) is 10.9. The van der Waals surface area contributed by atoms with Crippen LogP contribution in [0, 0.1) is 0 Å². The van der Waals surface area contributed by atoms with Gasteiger partial charge in [-0.2, -0.15) is 5.10 Å². The monoisotopic (exact) mass is 328 g/mol. The summed E-state index contributed by atoms with van der Waals surface area (Å²) in [5.41, 5.74) is 1.51. The molecule has 3 rings (SSSR count). The van der Waals surface area contributed by atoms with E-state index >= 15 is 0 Å². The topological polar surface area (TPSA) is 55.1 Å². The number of hydrogen-bond acceptors (Lipinski definition) is 2. The van der Waals surface area contributed by atoms with Crippen LogP contribution in [0.15, 0.2) is 48.5 Å². The van der Waals surface area contributed by atoms with Crippen LogP contribution in [0.3, 0.4) is 0 Å². The Morgan fingerprint density at radius 2 is 1.83 bits per heavy atom. The van der Waals surface area contributed by atoms with E-state index in [0.29, 0.717) is 17.3 Å². The molecule has 5 heteroatoms. The molecule has 0 unspecified atom stereocenters. The Balaban J connectivity index is 2.11. The van der Waals surface area contributed by atoms with Crippen molar-refractivity contribution in [2.45, 2.75) is 25.8 Å². The minimum absolute atomic E-state index is 0.563. The zero-order valence-corrected chi connectivity index (χ0v) is 13.7. The van der Waals surface area contributed by atoms with Crippen molar-refractivity contribution in [3.63, 3.8) is 0 Å². The van der Waals surface area contributed by atoms with Crippen LogP contribution in [-0.2, 0) is 16.8 Å². The molecule has 0 aliphatic heterocycles. The van der Waals surface area contributed by atoms with E-state index in [9.17, 15) is 9.90 Å². The highest BCUT2D eigenvalue weighted by Crippen LogP contribution is 2.30. The lowest BCUT2D eigenvalue weighted by Gasteiger charge is -2.16. The second-order valence-corrected chi connectivity index (χ2v) is 6.52. The molecule has 0 aliphatic rings. The molecule has 0 atom stereocenters. The Hall–Kier alpha value is -2.33. The average Bonchev–Trinajstić information content (AvgIpc) is 2.89. The van der Waals surface area contributed by atoms with E-state index in [1.165, 1.54) is 0 Å². The van der Waals surface area contributed by atoms with E-state index in [0.717, 1.165) is 16.5 Å². The molecule has 0 spiro atoms. The van der Waals surface area contributed by atoms with Gasteiger partial charge in [-0.05, 0) is 37.6 Å². The molecule has 0 fully saturated rings. The van der Waals surface area contributed by atoms with Crippen LogP contribution < -0.4 is 0 Å². The van der Waals surface area contributed by atoms with Crippen LogP contribution in [0.1, 0.15) is 25.1 Å². The summed E-state index contributed by atoms with van der Waals surface area (Å²) in [5.74, 6) is -0.889. The highest BCUT2D eigenvalue weighted by Gasteiger charge is 2.34. The van der Waals surface area contributed by atoms with Gasteiger partial charge < -0.3 is 5.11 Å². The van der Waals surface area contributed by atoms with Gasteiger partial charge >= 0.3 is 5.97 Å². The Morgan fingerprint density at radius 3 is 2.48 bits per heavy atom. The second kappa shape index (κ2) is 5.70. The number of fused-ring (bicyclic) bond motifs is 1. The average molecular weight is 329 g/mol. The highest BCUT2D eigenvalue weighted by molar-refractivity contribution is 6.30. The summed E-state index contributed by atoms with van der Waals surface area (Å²) in [6, 6.07) is 15.3. The third-order valence-electron chi connectivity index (χ3n) is 4.03. The normalized spacial score (nSPS) is 11.8. The van der Waals surface area contributed by atoms with Crippen molar-refractivity contribution in [3.05, 3.63) is 64.8 Å². The lowest BCUT2D eigenvalue weighted by Crippen LogP contribution is -2.29. The van der Waals surface area contributed by atoms with Crippen molar-refractivity contribution in [2.24, 2.45) is 0 Å². The van der Waals surface area contributed by atoms with Crippen LogP contribution >= 0.6 is 11.6 Å². The highest BCUT2D eigenvalue weighted by atomic mass is 35.5. The van der Waals surface area contributed by atoms with Gasteiger partial charge in [-0.15, -0.1) is 0 Å². The quantitative estimate of drug-likeness (QED) is 0.784. The lowest BCUT2D eigenvalue weighted by molar-refractivity contribution is -0.142. The Kier molecular flexibility index (Phi) is 3.86. The fraction of sp³-hybridized carbons (Fsp3) is 0.222. The molecule has 23 heavy (non-hydrogen) atoms. The van der Waals surface area contributed by atoms with Gasteiger partial charge in [0.1, 0.15) is 5.41 Å². The van der Waals surface area contributed by atoms with Crippen molar-refractivity contribution in [3.8, 4) is 0 Å². The molecule has 1 N–H and O–H groups in total. The molecule has 0 aliphatic carbocycles. The molecule has 118 valence electrons. The number of rotatable bonds is 4. The first-order valence-electron chi connectivity index (χ1n) is 7.33. The molecule has 0 amide bonds. The summed E-state index contributed by atoms with van der Waals surface area (Å²) >= 11 is 5.92. The molecule has 0 saturated heterocycles. The number of hydrogen-bond donors (Lipinski definition) is 1. The summed E-state index contributed by atoms with van der Waals surface area (Å²) < 4.78 is 1.85. The molecule has 0 bridgehead atoms. The third-order valence-corrected chi connectivity index (χ3v) is 4.28. The van der Waals surface area contributed by atoms with Gasteiger partial charge in [0.2, 0.25) is 0 Å². The Morgan fingerprint density at radius 1 is 1.17 bits per heavy atom. The maximum Gasteiger partial charge on any atom is 0.315 e. The first-order valence-corrected chi connectivity index (χ1v) is 7.71. The van der Waals surface area contributed by atoms with Crippen molar-refractivity contribution in [1.82, 2.24) is 9.78 Å². The minimum atomic E-state index is -1.05. The van der Waals surface area contributed by atoms with Gasteiger partial charge in [0, 0.05) is 10.4 Å². The second-order valence-electron chi connectivity index (χ2n) is 6.08. The van der Waals surface area contributed by atoms with Gasteiger partial charge in [-0.3, -0.25) is 9.48 Å². The molecule has 1 heterocycles. The van der Waals surface area contributed by atoms with Gasteiger partial charge in [-0.1, -0.05) is 41.9 Å². The summed E-state index contributed by atoms with van der Waals surface area (Å²) in [7, 11) is 0. The zero-order chi connectivity index (χ0) is 16.6. The van der Waals surface area contributed by atoms with Gasteiger partial charge in [0.25, 0.3) is 0 Å². The molecular formula is C18H17ClN2O2. The summed E-state index contributed by atoms with van der Waals surface area (Å²) in [6.07, 6.45) is 0. The maximum atomic E-state index is 11.6. The molecule has 3 aromatic rings. The number of para-hydroxylation sites is 1. The van der Waals surface area contributed by atoms with Crippen molar-refractivity contribution in [1.29, 1.82) is 0 Å². The SMILES string of the molecule is CC(C)(C(=O)O)c1nn(Cc2ccc(Cl)cc2)c2ccccc12. The summed E-state index contributed by atoms with van der Waals surface area (Å²) in [5, 5.41) is 15.7. The van der Waals surface area contributed by atoms with Crippen LogP contribution in [-0.4, -0.2) is 20.9 Å². The Bertz CT molecular complexity index is 866. The van der Waals surface area contributed by atoms with Gasteiger partial charge in [0.05, 0.1) is 17.8 Å². The fourth-order valence-corrected chi connectivity index (χ4v) is 2.70. The summed E-state index contributed by atoms with van der Waals surface area (Å²) in [4.78, 5) is 11.6. The fourth-order valence-electron chi connectivity index (χ4n) is 2.57. The first kappa shape index (κ1) is 15.6. The molecule has 0 radical (unpaired) electrons. The zero-order valence-electron chi connectivity index (χ0n) is 13.0. The molecule has 1 aromatic heterocycles. The number of benzene rings is 2. The minimum Gasteiger partial charge on any atom is -0.481 e. The number of halogens is 1. The van der Waals surface area contributed by atoms with Crippen molar-refractivity contribution >= 4 is 28.5 Å². The van der Waals surface area contributed by atoms with Gasteiger partial charge in [0.15, 0.2) is 0 Å². The van der Waals surface area contributed by atoms with Gasteiger partial charge in [-0.25, -0.2) is 0 Å². The maximum absolute atomic E-state index is 11.6. The third kappa shape index (κ3) is 2.82. The molecular weight excluding hydrogens is 312 g/mol. The number of carbonyl (C=O) groups is 1. The predicted octanol–water partition coefficient (Wildman–Crippen LogP) is 4.10. The van der Waals surface area contributed by atoms with E-state index < -0.39 is 11.4 Å². The number of carboxylic acid groups (broad SMARTS) is 1. The Labute approximate surface area is 139 Å². The van der Waals surface area contributed by atoms with E-state index in [4.69, 9.17) is 11.6 Å². The largest absolute Gasteiger partial charge is 0.481 e. The summed E-state index contributed by atoms with van der Waals surface area (Å²) in [6.45, 7) is 3.92. The predicted molar refractivity (Wildman–Crippen MR) is 90.9 cm³/mol. The smallest absolute Gasteiger partial charge is 0.315 e. The van der Waals surface area contributed by atoms with Crippen molar-refractivity contribution in [2.75, 3.05) is 0 Å². The van der Waals surface area contributed by atoms with E-state index in [1.54, 1.807) is 13.8 Å². The lowest BCUT2D eigenvalue weighted by atomic mass is 9.87.